The van der Waals surface area contributed by atoms with Gasteiger partial charge in [0.1, 0.15) is 17.9 Å². The molecule has 3 heterocycles. The Morgan fingerprint density at radius 3 is 2.43 bits per heavy atom. The van der Waals surface area contributed by atoms with Gasteiger partial charge in [-0.25, -0.2) is 4.79 Å². The third-order valence-electron chi connectivity index (χ3n) is 5.36. The Morgan fingerprint density at radius 2 is 1.86 bits per heavy atom. The molecule has 0 radical (unpaired) electrons. The Balaban J connectivity index is 2.01. The number of nitrogens with one attached hydrogen (secondary N) is 2. The first-order valence-corrected chi connectivity index (χ1v) is 11.2. The fraction of sp³-hybridized carbons (Fsp3) is 0.435. The van der Waals surface area contributed by atoms with E-state index < -0.39 is 35.3 Å². The van der Waals surface area contributed by atoms with Crippen LogP contribution in [0, 0.1) is 5.41 Å². The number of H-pyrrole nitrogens is 1. The van der Waals surface area contributed by atoms with Gasteiger partial charge in [0.05, 0.1) is 6.20 Å². The third-order valence-corrected chi connectivity index (χ3v) is 5.36. The highest BCUT2D eigenvalue weighted by Crippen LogP contribution is 2.40. The fourth-order valence-corrected chi connectivity index (χ4v) is 3.74. The lowest BCUT2D eigenvalue weighted by atomic mass is 9.84. The molecular formula is C23H29N7O5. The van der Waals surface area contributed by atoms with E-state index in [1.165, 1.54) is 12.3 Å². The monoisotopic (exact) mass is 483 g/mol. The molecule has 3 aromatic rings. The average molecular weight is 484 g/mol. The second kappa shape index (κ2) is 10.9. The van der Waals surface area contributed by atoms with Crippen LogP contribution in [-0.2, 0) is 9.59 Å². The number of carbonyl (C=O) groups excluding carboxylic acids is 2. The zero-order valence-electron chi connectivity index (χ0n) is 20.1. The van der Waals surface area contributed by atoms with E-state index in [1.807, 2.05) is 6.92 Å². The lowest BCUT2D eigenvalue weighted by Gasteiger charge is -2.39. The molecule has 0 saturated heterocycles. The van der Waals surface area contributed by atoms with E-state index in [9.17, 15) is 19.5 Å². The predicted molar refractivity (Wildman–Crippen MR) is 125 cm³/mol. The Morgan fingerprint density at radius 1 is 1.14 bits per heavy atom. The summed E-state index contributed by atoms with van der Waals surface area (Å²) in [5.41, 5.74) is -0.142. The summed E-state index contributed by atoms with van der Waals surface area (Å²) in [6.45, 7) is 7.32. The molecule has 186 valence electrons. The molecule has 3 aromatic heterocycles. The second-order valence-corrected chi connectivity index (χ2v) is 9.09. The number of anilines is 1. The van der Waals surface area contributed by atoms with Crippen molar-refractivity contribution in [3.8, 4) is 11.5 Å². The lowest BCUT2D eigenvalue weighted by Crippen LogP contribution is -2.52. The Labute approximate surface area is 202 Å². The lowest BCUT2D eigenvalue weighted by molar-refractivity contribution is -0.139. The molecule has 35 heavy (non-hydrogen) atoms. The molecule has 0 aliphatic rings. The molecule has 3 rings (SSSR count). The Kier molecular flexibility index (Phi) is 7.94. The van der Waals surface area contributed by atoms with Gasteiger partial charge in [-0.05, 0) is 24.0 Å². The van der Waals surface area contributed by atoms with Gasteiger partial charge in [-0.1, -0.05) is 40.5 Å². The van der Waals surface area contributed by atoms with Gasteiger partial charge in [-0.15, -0.1) is 10.2 Å². The Hall–Kier alpha value is -4.09. The fourth-order valence-electron chi connectivity index (χ4n) is 3.74. The van der Waals surface area contributed by atoms with Gasteiger partial charge < -0.3 is 14.8 Å². The maximum Gasteiger partial charge on any atom is 0.408 e. The van der Waals surface area contributed by atoms with Gasteiger partial charge >= 0.3 is 6.09 Å². The van der Waals surface area contributed by atoms with Crippen LogP contribution in [0.1, 0.15) is 58.9 Å². The molecule has 2 amide bonds. The van der Waals surface area contributed by atoms with Crippen LogP contribution in [0.3, 0.4) is 0 Å². The van der Waals surface area contributed by atoms with Gasteiger partial charge in [0.2, 0.25) is 17.6 Å². The molecule has 3 N–H and O–H groups in total. The number of amides is 2. The van der Waals surface area contributed by atoms with Crippen molar-refractivity contribution in [2.75, 3.05) is 5.32 Å². The van der Waals surface area contributed by atoms with Crippen LogP contribution in [-0.4, -0.2) is 59.2 Å². The number of hydrogen-bond acceptors (Lipinski definition) is 8. The Bertz CT molecular complexity index is 1140. The van der Waals surface area contributed by atoms with Gasteiger partial charge in [-0.2, -0.15) is 5.10 Å². The zero-order chi connectivity index (χ0) is 25.6. The van der Waals surface area contributed by atoms with Gasteiger partial charge in [0.25, 0.3) is 5.91 Å². The molecule has 0 bridgehead atoms. The highest BCUT2D eigenvalue weighted by molar-refractivity contribution is 6.42. The van der Waals surface area contributed by atoms with Gasteiger partial charge in [-0.3, -0.25) is 24.6 Å². The summed E-state index contributed by atoms with van der Waals surface area (Å²) in [5.74, 6) is -1.40. The van der Waals surface area contributed by atoms with Crippen molar-refractivity contribution in [1.82, 2.24) is 30.3 Å². The summed E-state index contributed by atoms with van der Waals surface area (Å²) >= 11 is 0. The van der Waals surface area contributed by atoms with E-state index in [4.69, 9.17) is 4.42 Å². The van der Waals surface area contributed by atoms with Crippen LogP contribution in [0.15, 0.2) is 41.2 Å². The molecule has 0 saturated carbocycles. The summed E-state index contributed by atoms with van der Waals surface area (Å²) < 4.78 is 5.89. The van der Waals surface area contributed by atoms with E-state index >= 15 is 0 Å². The molecule has 0 aliphatic heterocycles. The van der Waals surface area contributed by atoms with Crippen molar-refractivity contribution in [3.05, 3.63) is 42.7 Å². The van der Waals surface area contributed by atoms with E-state index in [0.717, 1.165) is 4.90 Å². The highest BCUT2D eigenvalue weighted by atomic mass is 16.4. The molecule has 12 heteroatoms. The number of rotatable bonds is 10. The summed E-state index contributed by atoms with van der Waals surface area (Å²) in [6.07, 6.45) is 4.56. The van der Waals surface area contributed by atoms with E-state index in [1.54, 1.807) is 45.3 Å². The topological polar surface area (TPSA) is 167 Å². The number of ketones is 1. The minimum atomic E-state index is -1.38. The van der Waals surface area contributed by atoms with Crippen LogP contribution in [0.4, 0.5) is 10.6 Å². The summed E-state index contributed by atoms with van der Waals surface area (Å²) in [7, 11) is 0. The van der Waals surface area contributed by atoms with Crippen LogP contribution in [0.2, 0.25) is 0 Å². The van der Waals surface area contributed by atoms with Crippen molar-refractivity contribution in [2.45, 2.75) is 59.0 Å². The zero-order valence-corrected chi connectivity index (χ0v) is 20.1. The normalized spacial score (nSPS) is 13.1. The minimum Gasteiger partial charge on any atom is -0.465 e. The summed E-state index contributed by atoms with van der Waals surface area (Å²) in [6, 6.07) is 2.58. The van der Waals surface area contributed by atoms with Gasteiger partial charge in [0.15, 0.2) is 0 Å². The maximum absolute atomic E-state index is 13.3. The standard InChI is InChI=1S/C23H29N7O5/c1-5-6-7-15(17(31)19(32)26-16-10-13-25-27-16)30(22(33)34)18(23(2,3)4)21-29-28-20(35-21)14-8-11-24-12-9-14/h8-13,15,18H,5-7H2,1-4H3,(H,33,34)(H2,25,26,27,32)/t15-,18+/m0/s1. The first kappa shape index (κ1) is 25.5. The minimum absolute atomic E-state index is 0.0231. The molecule has 0 aromatic carbocycles. The summed E-state index contributed by atoms with van der Waals surface area (Å²) in [4.78, 5) is 43.6. The number of nitrogens with zero attached hydrogens (tertiary/aromatic N) is 5. The SMILES string of the molecule is CCCC[C@@H](C(=O)C(=O)Nc1ccn[nH]1)N(C(=O)O)[C@H](c1nnc(-c2ccncc2)o1)C(C)(C)C. The van der Waals surface area contributed by atoms with Crippen LogP contribution in [0.5, 0.6) is 0 Å². The molecule has 0 fully saturated rings. The number of carboxylic acid groups (broad SMARTS) is 1. The summed E-state index contributed by atoms with van der Waals surface area (Å²) in [5, 5.41) is 27.2. The predicted octanol–water partition coefficient (Wildman–Crippen LogP) is 3.69. The molecule has 2 atom stereocenters. The van der Waals surface area contributed by atoms with E-state index in [2.05, 4.69) is 30.7 Å². The smallest absolute Gasteiger partial charge is 0.408 e. The van der Waals surface area contributed by atoms with Crippen LogP contribution < -0.4 is 5.32 Å². The number of aromatic nitrogens is 5. The van der Waals surface area contributed by atoms with Crippen molar-refractivity contribution in [2.24, 2.45) is 5.41 Å². The van der Waals surface area contributed by atoms with E-state index in [0.29, 0.717) is 18.4 Å². The maximum atomic E-state index is 13.3. The molecule has 0 spiro atoms. The number of aromatic amines is 1. The quantitative estimate of drug-likeness (QED) is 0.364. The van der Waals surface area contributed by atoms with Gasteiger partial charge in [0, 0.05) is 24.0 Å². The number of unbranched alkanes of at least 4 members (excludes halogenated alkanes) is 1. The molecule has 0 unspecified atom stereocenters. The van der Waals surface area contributed by atoms with Crippen molar-refractivity contribution in [1.29, 1.82) is 0 Å². The van der Waals surface area contributed by atoms with E-state index in [-0.39, 0.29) is 24.0 Å². The number of carbonyl (C=O) groups is 3. The molecule has 0 aliphatic carbocycles. The first-order chi connectivity index (χ1) is 16.6. The van der Waals surface area contributed by atoms with Crippen molar-refractivity contribution < 1.29 is 23.9 Å². The van der Waals surface area contributed by atoms with Crippen LogP contribution in [0.25, 0.3) is 11.5 Å². The van der Waals surface area contributed by atoms with Crippen molar-refractivity contribution in [3.63, 3.8) is 0 Å². The third kappa shape index (κ3) is 6.08. The highest BCUT2D eigenvalue weighted by Gasteiger charge is 2.45. The number of pyridine rings is 1. The van der Waals surface area contributed by atoms with Crippen molar-refractivity contribution >= 4 is 23.6 Å². The first-order valence-electron chi connectivity index (χ1n) is 11.2. The largest absolute Gasteiger partial charge is 0.465 e. The molecule has 12 nitrogen and oxygen atoms in total. The number of hydrogen-bond donors (Lipinski definition) is 3. The number of Topliss-reactive ketones (excluding diaryl/α,β-unsaturated/α-hetero) is 1. The molecular weight excluding hydrogens is 454 g/mol. The van der Waals surface area contributed by atoms with Crippen LogP contribution >= 0.6 is 0 Å². The average Bonchev–Trinajstić information content (AvgIpc) is 3.50. The second-order valence-electron chi connectivity index (χ2n) is 9.09.